The first-order chi connectivity index (χ1) is 13.0. The van der Waals surface area contributed by atoms with Crippen molar-refractivity contribution in [3.63, 3.8) is 0 Å². The normalized spacial score (nSPS) is 14.8. The lowest BCUT2D eigenvalue weighted by atomic mass is 10.1. The fraction of sp³-hybridized carbons (Fsp3) is 0.350. The van der Waals surface area contributed by atoms with Crippen LogP contribution in [0.2, 0.25) is 0 Å². The molecule has 1 aliphatic heterocycles. The number of amides is 1. The van der Waals surface area contributed by atoms with E-state index in [4.69, 9.17) is 0 Å². The predicted octanol–water partition coefficient (Wildman–Crippen LogP) is 2.97. The Morgan fingerprint density at radius 3 is 2.37 bits per heavy atom. The third kappa shape index (κ3) is 4.43. The second-order valence-electron chi connectivity index (χ2n) is 6.82. The summed E-state index contributed by atoms with van der Waals surface area (Å²) in [5.74, 6) is -0.225. The zero-order chi connectivity index (χ0) is 19.4. The fourth-order valence-electron chi connectivity index (χ4n) is 3.41. The van der Waals surface area contributed by atoms with Gasteiger partial charge in [-0.3, -0.25) is 19.8 Å². The van der Waals surface area contributed by atoms with E-state index in [1.54, 1.807) is 19.1 Å². The van der Waals surface area contributed by atoms with Crippen LogP contribution in [0.3, 0.4) is 0 Å². The number of benzene rings is 2. The van der Waals surface area contributed by atoms with Crippen molar-refractivity contribution in [1.29, 1.82) is 0 Å². The van der Waals surface area contributed by atoms with Gasteiger partial charge in [0, 0.05) is 37.9 Å². The highest BCUT2D eigenvalue weighted by Gasteiger charge is 2.22. The number of carbonyl (C=O) groups excluding carboxylic acids is 1. The maximum atomic E-state index is 12.4. The molecule has 2 aromatic carbocycles. The molecule has 0 aliphatic carbocycles. The number of anilines is 2. The van der Waals surface area contributed by atoms with Crippen LogP contribution in [0.15, 0.2) is 42.5 Å². The Morgan fingerprint density at radius 2 is 1.70 bits per heavy atom. The summed E-state index contributed by atoms with van der Waals surface area (Å²) < 4.78 is 0. The zero-order valence-corrected chi connectivity index (χ0v) is 15.6. The molecule has 1 heterocycles. The van der Waals surface area contributed by atoms with Crippen molar-refractivity contribution in [2.75, 3.05) is 42.9 Å². The first-order valence-electron chi connectivity index (χ1n) is 9.02. The van der Waals surface area contributed by atoms with E-state index in [9.17, 15) is 14.9 Å². The lowest BCUT2D eigenvalue weighted by Gasteiger charge is -2.36. The van der Waals surface area contributed by atoms with Crippen LogP contribution < -0.4 is 10.2 Å². The number of nitrogens with one attached hydrogen (secondary N) is 1. The number of nitro benzene ring substituents is 1. The van der Waals surface area contributed by atoms with Gasteiger partial charge in [0.2, 0.25) is 5.91 Å². The molecule has 1 amide bonds. The van der Waals surface area contributed by atoms with Gasteiger partial charge >= 0.3 is 0 Å². The number of rotatable bonds is 5. The van der Waals surface area contributed by atoms with Crippen molar-refractivity contribution in [2.45, 2.75) is 13.8 Å². The highest BCUT2D eigenvalue weighted by molar-refractivity contribution is 5.95. The van der Waals surface area contributed by atoms with Crippen molar-refractivity contribution in [2.24, 2.45) is 0 Å². The van der Waals surface area contributed by atoms with Crippen molar-refractivity contribution in [3.05, 3.63) is 63.7 Å². The molecule has 3 rings (SSSR count). The van der Waals surface area contributed by atoms with E-state index in [1.165, 1.54) is 17.3 Å². The average molecular weight is 368 g/mol. The van der Waals surface area contributed by atoms with Gasteiger partial charge in [-0.1, -0.05) is 30.3 Å². The Balaban J connectivity index is 1.58. The minimum atomic E-state index is -0.469. The van der Waals surface area contributed by atoms with Crippen LogP contribution in [0.5, 0.6) is 0 Å². The number of hydrogen-bond donors (Lipinski definition) is 1. The molecule has 7 nitrogen and oxygen atoms in total. The number of carbonyl (C=O) groups is 1. The molecule has 0 radical (unpaired) electrons. The summed E-state index contributed by atoms with van der Waals surface area (Å²) in [6.45, 7) is 7.33. The van der Waals surface area contributed by atoms with E-state index in [0.717, 1.165) is 26.2 Å². The maximum Gasteiger partial charge on any atom is 0.293 e. The van der Waals surface area contributed by atoms with Crippen LogP contribution in [0, 0.1) is 24.0 Å². The molecule has 1 fully saturated rings. The first-order valence-corrected chi connectivity index (χ1v) is 9.02. The Morgan fingerprint density at radius 1 is 1.04 bits per heavy atom. The molecule has 1 N–H and O–H groups in total. The van der Waals surface area contributed by atoms with Crippen LogP contribution in [-0.4, -0.2) is 48.5 Å². The molecule has 0 saturated carbocycles. The van der Waals surface area contributed by atoms with E-state index in [1.807, 2.05) is 12.1 Å². The molecule has 0 bridgehead atoms. The molecule has 142 valence electrons. The summed E-state index contributed by atoms with van der Waals surface area (Å²) in [5.41, 5.74) is 3.37. The van der Waals surface area contributed by atoms with Gasteiger partial charge in [0.25, 0.3) is 5.69 Å². The second-order valence-corrected chi connectivity index (χ2v) is 6.82. The van der Waals surface area contributed by atoms with Crippen LogP contribution in [0.4, 0.5) is 17.1 Å². The van der Waals surface area contributed by atoms with E-state index in [-0.39, 0.29) is 23.8 Å². The number of nitrogens with zero attached hydrogens (tertiary/aromatic N) is 3. The minimum Gasteiger partial charge on any atom is -0.369 e. The third-order valence-electron chi connectivity index (χ3n) is 4.91. The summed E-state index contributed by atoms with van der Waals surface area (Å²) >= 11 is 0. The molecule has 1 saturated heterocycles. The van der Waals surface area contributed by atoms with Gasteiger partial charge in [-0.15, -0.1) is 0 Å². The molecular weight excluding hydrogens is 344 g/mol. The topological polar surface area (TPSA) is 78.7 Å². The molecule has 0 aromatic heterocycles. The fourth-order valence-corrected chi connectivity index (χ4v) is 3.41. The van der Waals surface area contributed by atoms with E-state index >= 15 is 0 Å². The van der Waals surface area contributed by atoms with Crippen LogP contribution in [0.1, 0.15) is 11.1 Å². The summed E-state index contributed by atoms with van der Waals surface area (Å²) in [7, 11) is 0. The van der Waals surface area contributed by atoms with Crippen molar-refractivity contribution in [3.8, 4) is 0 Å². The Labute approximate surface area is 158 Å². The standard InChI is InChI=1S/C20H24N4O3/c1-15-6-3-4-8-17(15)23-12-10-22(11-13-23)14-19(25)21-20-16(2)7-5-9-18(20)24(26)27/h3-9H,10-14H2,1-2H3,(H,21,25). The van der Waals surface area contributed by atoms with E-state index < -0.39 is 4.92 Å². The number of piperazine rings is 1. The highest BCUT2D eigenvalue weighted by atomic mass is 16.6. The molecule has 27 heavy (non-hydrogen) atoms. The molecule has 1 aliphatic rings. The van der Waals surface area contributed by atoms with Gasteiger partial charge < -0.3 is 10.2 Å². The highest BCUT2D eigenvalue weighted by Crippen LogP contribution is 2.27. The number of aryl methyl sites for hydroxylation is 2. The molecule has 2 aromatic rings. The SMILES string of the molecule is Cc1ccccc1N1CCN(CC(=O)Nc2c(C)cccc2[N+](=O)[O-])CC1. The minimum absolute atomic E-state index is 0.0762. The first kappa shape index (κ1) is 18.8. The van der Waals surface area contributed by atoms with Gasteiger partial charge in [0.05, 0.1) is 11.5 Å². The number of hydrogen-bond acceptors (Lipinski definition) is 5. The predicted molar refractivity (Wildman–Crippen MR) is 106 cm³/mol. The smallest absolute Gasteiger partial charge is 0.293 e. The Hall–Kier alpha value is -2.93. The van der Waals surface area contributed by atoms with Gasteiger partial charge in [-0.2, -0.15) is 0 Å². The largest absolute Gasteiger partial charge is 0.369 e. The van der Waals surface area contributed by atoms with E-state index in [2.05, 4.69) is 34.2 Å². The van der Waals surface area contributed by atoms with Gasteiger partial charge in [-0.05, 0) is 31.0 Å². The summed E-state index contributed by atoms with van der Waals surface area (Å²) in [5, 5.41) is 13.9. The zero-order valence-electron chi connectivity index (χ0n) is 15.6. The Kier molecular flexibility index (Phi) is 5.71. The van der Waals surface area contributed by atoms with Gasteiger partial charge in [0.1, 0.15) is 5.69 Å². The lowest BCUT2D eigenvalue weighted by Crippen LogP contribution is -2.48. The lowest BCUT2D eigenvalue weighted by molar-refractivity contribution is -0.384. The second kappa shape index (κ2) is 8.18. The molecule has 7 heteroatoms. The molecule has 0 spiro atoms. The van der Waals surface area contributed by atoms with Crippen LogP contribution >= 0.6 is 0 Å². The number of para-hydroxylation sites is 2. The number of nitro groups is 1. The average Bonchev–Trinajstić information content (AvgIpc) is 2.64. The maximum absolute atomic E-state index is 12.4. The van der Waals surface area contributed by atoms with Crippen molar-refractivity contribution >= 4 is 23.0 Å². The van der Waals surface area contributed by atoms with Gasteiger partial charge in [-0.25, -0.2) is 0 Å². The summed E-state index contributed by atoms with van der Waals surface area (Å²) in [6, 6.07) is 13.1. The van der Waals surface area contributed by atoms with Crippen molar-refractivity contribution in [1.82, 2.24) is 4.90 Å². The Bertz CT molecular complexity index is 845. The van der Waals surface area contributed by atoms with Crippen LogP contribution in [0.25, 0.3) is 0 Å². The quantitative estimate of drug-likeness (QED) is 0.648. The molecule has 0 atom stereocenters. The summed E-state index contributed by atoms with van der Waals surface area (Å²) in [6.07, 6.45) is 0. The van der Waals surface area contributed by atoms with Crippen molar-refractivity contribution < 1.29 is 9.72 Å². The molecular formula is C20H24N4O3. The van der Waals surface area contributed by atoms with Crippen LogP contribution in [-0.2, 0) is 4.79 Å². The van der Waals surface area contributed by atoms with E-state index in [0.29, 0.717) is 5.56 Å². The summed E-state index contributed by atoms with van der Waals surface area (Å²) in [4.78, 5) is 27.5. The molecule has 0 unspecified atom stereocenters. The monoisotopic (exact) mass is 368 g/mol. The van der Waals surface area contributed by atoms with Gasteiger partial charge in [0.15, 0.2) is 0 Å². The third-order valence-corrected chi connectivity index (χ3v) is 4.91.